The Morgan fingerprint density at radius 2 is 1.67 bits per heavy atom. The van der Waals surface area contributed by atoms with Crippen molar-refractivity contribution in [3.63, 3.8) is 0 Å². The van der Waals surface area contributed by atoms with E-state index in [1.165, 1.54) is 22.3 Å². The van der Waals surface area contributed by atoms with Crippen molar-refractivity contribution in [2.24, 2.45) is 0 Å². The smallest absolute Gasteiger partial charge is 0.0426 e. The first kappa shape index (κ1) is 15.7. The summed E-state index contributed by atoms with van der Waals surface area (Å²) in [5.74, 6) is 0. The molecule has 0 aliphatic carbocycles. The van der Waals surface area contributed by atoms with Crippen LogP contribution in [0, 0.1) is 27.7 Å². The number of nitrogens with one attached hydrogen (secondary N) is 1. The van der Waals surface area contributed by atoms with Gasteiger partial charge in [0.25, 0.3) is 0 Å². The fourth-order valence-corrected chi connectivity index (χ4v) is 3.18. The lowest BCUT2D eigenvalue weighted by atomic mass is 9.98. The van der Waals surface area contributed by atoms with Crippen LogP contribution in [-0.4, -0.2) is 4.98 Å². The standard InChI is InChI=1S/C19H26N2/c1-12-8-7-9-18(10-12)15(4)21-17(6)19-13(2)11-14(3)20-16(19)5/h7-11,15,17,21H,1-6H3/t15-,17?/m0/s1. The summed E-state index contributed by atoms with van der Waals surface area (Å²) in [6, 6.07) is 11.5. The number of pyridine rings is 1. The molecule has 0 saturated carbocycles. The summed E-state index contributed by atoms with van der Waals surface area (Å²) in [4.78, 5) is 4.61. The van der Waals surface area contributed by atoms with E-state index in [1.807, 2.05) is 0 Å². The van der Waals surface area contributed by atoms with Gasteiger partial charge in [-0.25, -0.2) is 0 Å². The molecule has 2 heteroatoms. The maximum Gasteiger partial charge on any atom is 0.0426 e. The van der Waals surface area contributed by atoms with E-state index in [1.54, 1.807) is 0 Å². The average Bonchev–Trinajstić information content (AvgIpc) is 2.37. The fourth-order valence-electron chi connectivity index (χ4n) is 3.18. The van der Waals surface area contributed by atoms with E-state index in [-0.39, 0.29) is 6.04 Å². The average molecular weight is 282 g/mol. The molecule has 1 N–H and O–H groups in total. The molecule has 112 valence electrons. The predicted molar refractivity (Wildman–Crippen MR) is 89.6 cm³/mol. The molecule has 1 aromatic heterocycles. The minimum absolute atomic E-state index is 0.286. The van der Waals surface area contributed by atoms with Gasteiger partial charge in [0, 0.05) is 23.5 Å². The molecule has 21 heavy (non-hydrogen) atoms. The topological polar surface area (TPSA) is 24.9 Å². The maximum atomic E-state index is 4.61. The van der Waals surface area contributed by atoms with Crippen LogP contribution in [0.15, 0.2) is 30.3 Å². The zero-order chi connectivity index (χ0) is 15.6. The van der Waals surface area contributed by atoms with Crippen molar-refractivity contribution in [3.05, 3.63) is 64.0 Å². The quantitative estimate of drug-likeness (QED) is 0.877. The highest BCUT2D eigenvalue weighted by Crippen LogP contribution is 2.24. The van der Waals surface area contributed by atoms with Crippen LogP contribution in [0.25, 0.3) is 0 Å². The maximum absolute atomic E-state index is 4.61. The van der Waals surface area contributed by atoms with Gasteiger partial charge in [-0.2, -0.15) is 0 Å². The number of rotatable bonds is 4. The summed E-state index contributed by atoms with van der Waals surface area (Å²) in [5.41, 5.74) is 7.49. The van der Waals surface area contributed by atoms with Crippen molar-refractivity contribution in [1.82, 2.24) is 10.3 Å². The Bertz CT molecular complexity index is 608. The number of hydrogen-bond donors (Lipinski definition) is 1. The van der Waals surface area contributed by atoms with E-state index >= 15 is 0 Å². The number of hydrogen-bond acceptors (Lipinski definition) is 2. The van der Waals surface area contributed by atoms with E-state index in [0.717, 1.165) is 11.4 Å². The predicted octanol–water partition coefficient (Wildman–Crippen LogP) is 4.73. The molecule has 1 heterocycles. The van der Waals surface area contributed by atoms with Gasteiger partial charge in [0.2, 0.25) is 0 Å². The van der Waals surface area contributed by atoms with Crippen LogP contribution in [0.3, 0.4) is 0 Å². The minimum atomic E-state index is 0.286. The second kappa shape index (κ2) is 6.40. The molecule has 2 nitrogen and oxygen atoms in total. The zero-order valence-electron chi connectivity index (χ0n) is 14.0. The highest BCUT2D eigenvalue weighted by Gasteiger charge is 2.16. The lowest BCUT2D eigenvalue weighted by Gasteiger charge is -2.24. The SMILES string of the molecule is Cc1cccc([C@H](C)NC(C)c2c(C)cc(C)nc2C)c1. The zero-order valence-corrected chi connectivity index (χ0v) is 14.0. The van der Waals surface area contributed by atoms with Crippen LogP contribution >= 0.6 is 0 Å². The molecule has 0 aliphatic heterocycles. The number of nitrogens with zero attached hydrogens (tertiary/aromatic N) is 1. The molecule has 0 saturated heterocycles. The molecule has 0 aliphatic rings. The molecule has 2 atom stereocenters. The van der Waals surface area contributed by atoms with Crippen molar-refractivity contribution >= 4 is 0 Å². The van der Waals surface area contributed by atoms with E-state index in [0.29, 0.717) is 6.04 Å². The van der Waals surface area contributed by atoms with Crippen LogP contribution in [-0.2, 0) is 0 Å². The first-order chi connectivity index (χ1) is 9.88. The van der Waals surface area contributed by atoms with Crippen molar-refractivity contribution < 1.29 is 0 Å². The van der Waals surface area contributed by atoms with Crippen molar-refractivity contribution in [1.29, 1.82) is 0 Å². The largest absolute Gasteiger partial charge is 0.304 e. The summed E-state index contributed by atoms with van der Waals surface area (Å²) in [5, 5.41) is 3.70. The van der Waals surface area contributed by atoms with Gasteiger partial charge in [0.15, 0.2) is 0 Å². The number of aryl methyl sites for hydroxylation is 4. The normalized spacial score (nSPS) is 14.0. The second-order valence-electron chi connectivity index (χ2n) is 6.10. The highest BCUT2D eigenvalue weighted by molar-refractivity contribution is 5.34. The lowest BCUT2D eigenvalue weighted by molar-refractivity contribution is 0.490. The third-order valence-electron chi connectivity index (χ3n) is 4.06. The van der Waals surface area contributed by atoms with Crippen LogP contribution in [0.1, 0.15) is 59.6 Å². The third kappa shape index (κ3) is 3.70. The van der Waals surface area contributed by atoms with Gasteiger partial charge < -0.3 is 5.32 Å². The van der Waals surface area contributed by atoms with Gasteiger partial charge >= 0.3 is 0 Å². The number of benzene rings is 1. The van der Waals surface area contributed by atoms with Gasteiger partial charge in [0.1, 0.15) is 0 Å². The first-order valence-corrected chi connectivity index (χ1v) is 7.66. The molecule has 0 amide bonds. The molecular weight excluding hydrogens is 256 g/mol. The Balaban J connectivity index is 2.20. The van der Waals surface area contributed by atoms with E-state index in [9.17, 15) is 0 Å². The van der Waals surface area contributed by atoms with E-state index < -0.39 is 0 Å². The summed E-state index contributed by atoms with van der Waals surface area (Å²) in [6.07, 6.45) is 0. The second-order valence-corrected chi connectivity index (χ2v) is 6.10. The van der Waals surface area contributed by atoms with Crippen LogP contribution in [0.4, 0.5) is 0 Å². The van der Waals surface area contributed by atoms with Gasteiger partial charge in [-0.3, -0.25) is 4.98 Å². The monoisotopic (exact) mass is 282 g/mol. The third-order valence-corrected chi connectivity index (χ3v) is 4.06. The molecular formula is C19H26N2. The molecule has 1 aromatic carbocycles. The van der Waals surface area contributed by atoms with Crippen LogP contribution < -0.4 is 5.32 Å². The van der Waals surface area contributed by atoms with Gasteiger partial charge in [-0.1, -0.05) is 29.8 Å². The fraction of sp³-hybridized carbons (Fsp3) is 0.421. The molecule has 0 spiro atoms. The first-order valence-electron chi connectivity index (χ1n) is 7.66. The Hall–Kier alpha value is -1.67. The molecule has 1 unspecified atom stereocenters. The molecule has 0 bridgehead atoms. The summed E-state index contributed by atoms with van der Waals surface area (Å²) >= 11 is 0. The van der Waals surface area contributed by atoms with Gasteiger partial charge in [-0.15, -0.1) is 0 Å². The van der Waals surface area contributed by atoms with Crippen molar-refractivity contribution in [2.75, 3.05) is 0 Å². The molecule has 0 radical (unpaired) electrons. The van der Waals surface area contributed by atoms with Gasteiger partial charge in [0.05, 0.1) is 0 Å². The summed E-state index contributed by atoms with van der Waals surface area (Å²) < 4.78 is 0. The Kier molecular flexibility index (Phi) is 4.79. The Morgan fingerprint density at radius 1 is 0.952 bits per heavy atom. The Labute approximate surface area is 128 Å². The van der Waals surface area contributed by atoms with E-state index in [4.69, 9.17) is 0 Å². The van der Waals surface area contributed by atoms with Crippen molar-refractivity contribution in [2.45, 2.75) is 53.6 Å². The van der Waals surface area contributed by atoms with Crippen molar-refractivity contribution in [3.8, 4) is 0 Å². The minimum Gasteiger partial charge on any atom is -0.304 e. The summed E-state index contributed by atoms with van der Waals surface area (Å²) in [6.45, 7) is 12.9. The molecule has 2 aromatic rings. The molecule has 2 rings (SSSR count). The van der Waals surface area contributed by atoms with Crippen LogP contribution in [0.5, 0.6) is 0 Å². The number of aromatic nitrogens is 1. The van der Waals surface area contributed by atoms with Crippen LogP contribution in [0.2, 0.25) is 0 Å². The van der Waals surface area contributed by atoms with Gasteiger partial charge in [-0.05, 0) is 64.3 Å². The lowest BCUT2D eigenvalue weighted by Crippen LogP contribution is -2.24. The highest BCUT2D eigenvalue weighted by atomic mass is 14.9. The van der Waals surface area contributed by atoms with E-state index in [2.05, 4.69) is 82.2 Å². The Morgan fingerprint density at radius 3 is 2.29 bits per heavy atom. The summed E-state index contributed by atoms with van der Waals surface area (Å²) in [7, 11) is 0. The molecule has 0 fully saturated rings.